The lowest BCUT2D eigenvalue weighted by atomic mass is 10.4. The molecule has 1 rings (SSSR count). The summed E-state index contributed by atoms with van der Waals surface area (Å²) >= 11 is 0. The van der Waals surface area contributed by atoms with E-state index in [0.717, 1.165) is 0 Å². The topological polar surface area (TPSA) is 26.3 Å². The predicted molar refractivity (Wildman–Crippen MR) is 44.5 cm³/mol. The minimum atomic E-state index is -4.85. The molecule has 2 nitrogen and oxygen atoms in total. The quantitative estimate of drug-likeness (QED) is 0.609. The van der Waals surface area contributed by atoms with Crippen molar-refractivity contribution in [3.8, 4) is 0 Å². The molecule has 0 radical (unpaired) electrons. The van der Waals surface area contributed by atoms with Crippen LogP contribution in [0.3, 0.4) is 0 Å². The fraction of sp³-hybridized carbons (Fsp3) is 0.222. The number of carbonyl (C=O) groups excluding carboxylic acids is 1. The first-order valence-corrected chi connectivity index (χ1v) is 3.63. The molecule has 0 aliphatic rings. The van der Waals surface area contributed by atoms with Crippen LogP contribution < -0.4 is 0 Å². The van der Waals surface area contributed by atoms with Crippen molar-refractivity contribution in [1.29, 1.82) is 0 Å². The Balaban J connectivity index is 0.000000249. The minimum Gasteiger partial charge on any atom is -0.462 e. The highest BCUT2D eigenvalue weighted by Crippen LogP contribution is 2.15. The standard InChI is InChI=1S/C6H6.C3H3F3O2/c1-2-4-6-5-3-1;1-8-2(7)3(4,5)6/h1-6H;1H3. The third-order valence-electron chi connectivity index (χ3n) is 1.08. The summed E-state index contributed by atoms with van der Waals surface area (Å²) in [5.74, 6) is -2.17. The molecule has 0 amide bonds. The molecule has 0 atom stereocenters. The van der Waals surface area contributed by atoms with Gasteiger partial charge in [-0.2, -0.15) is 13.2 Å². The molecular formula is C9H9F3O2. The Hall–Kier alpha value is -1.52. The van der Waals surface area contributed by atoms with Crippen molar-refractivity contribution in [2.45, 2.75) is 6.18 Å². The summed E-state index contributed by atoms with van der Waals surface area (Å²) in [6, 6.07) is 12.0. The maximum atomic E-state index is 11.0. The summed E-state index contributed by atoms with van der Waals surface area (Å²) in [6.45, 7) is 0. The van der Waals surface area contributed by atoms with E-state index in [-0.39, 0.29) is 0 Å². The fourth-order valence-corrected chi connectivity index (χ4v) is 0.501. The van der Waals surface area contributed by atoms with Crippen molar-refractivity contribution in [3.05, 3.63) is 36.4 Å². The average Bonchev–Trinajstić information content (AvgIpc) is 2.19. The number of alkyl halides is 3. The molecule has 0 unspecified atom stereocenters. The number of halogens is 3. The van der Waals surface area contributed by atoms with Crippen LogP contribution in [0.25, 0.3) is 0 Å². The predicted octanol–water partition coefficient (Wildman–Crippen LogP) is 2.41. The number of ether oxygens (including phenoxy) is 1. The Kier molecular flexibility index (Phi) is 5.36. The van der Waals surface area contributed by atoms with Gasteiger partial charge in [0.25, 0.3) is 0 Å². The minimum absolute atomic E-state index is 0.676. The maximum absolute atomic E-state index is 11.0. The number of hydrogen-bond donors (Lipinski definition) is 0. The van der Waals surface area contributed by atoms with E-state index in [0.29, 0.717) is 7.11 Å². The van der Waals surface area contributed by atoms with Gasteiger partial charge in [0, 0.05) is 0 Å². The average molecular weight is 206 g/mol. The summed E-state index contributed by atoms with van der Waals surface area (Å²) in [6.07, 6.45) is -4.85. The summed E-state index contributed by atoms with van der Waals surface area (Å²) in [5, 5.41) is 0. The fourth-order valence-electron chi connectivity index (χ4n) is 0.501. The Morgan fingerprint density at radius 3 is 1.36 bits per heavy atom. The van der Waals surface area contributed by atoms with E-state index in [9.17, 15) is 18.0 Å². The van der Waals surface area contributed by atoms with E-state index in [4.69, 9.17) is 0 Å². The van der Waals surface area contributed by atoms with Gasteiger partial charge in [-0.15, -0.1) is 0 Å². The Morgan fingerprint density at radius 1 is 1.00 bits per heavy atom. The van der Waals surface area contributed by atoms with Gasteiger partial charge in [-0.25, -0.2) is 4.79 Å². The third-order valence-corrected chi connectivity index (χ3v) is 1.08. The highest BCUT2D eigenvalue weighted by Gasteiger charge is 2.39. The van der Waals surface area contributed by atoms with Gasteiger partial charge in [0.05, 0.1) is 7.11 Å². The van der Waals surface area contributed by atoms with Gasteiger partial charge in [0.2, 0.25) is 0 Å². The van der Waals surface area contributed by atoms with Crippen molar-refractivity contribution in [1.82, 2.24) is 0 Å². The van der Waals surface area contributed by atoms with Crippen molar-refractivity contribution >= 4 is 5.97 Å². The summed E-state index contributed by atoms with van der Waals surface area (Å²) in [5.41, 5.74) is 0. The zero-order valence-electron chi connectivity index (χ0n) is 7.41. The third kappa shape index (κ3) is 6.05. The first-order valence-electron chi connectivity index (χ1n) is 3.63. The number of esters is 1. The van der Waals surface area contributed by atoms with E-state index in [1.54, 1.807) is 0 Å². The molecule has 1 aromatic rings. The van der Waals surface area contributed by atoms with Gasteiger partial charge < -0.3 is 4.74 Å². The summed E-state index contributed by atoms with van der Waals surface area (Å²) in [4.78, 5) is 9.49. The molecule has 0 spiro atoms. The summed E-state index contributed by atoms with van der Waals surface area (Å²) in [7, 11) is 0.676. The van der Waals surface area contributed by atoms with E-state index in [1.807, 2.05) is 36.4 Å². The number of methoxy groups -OCH3 is 1. The lowest BCUT2D eigenvalue weighted by molar-refractivity contribution is -0.196. The zero-order chi connectivity index (χ0) is 11.0. The first kappa shape index (κ1) is 12.5. The van der Waals surface area contributed by atoms with Gasteiger partial charge in [0.15, 0.2) is 0 Å². The molecule has 0 aliphatic heterocycles. The molecule has 0 bridgehead atoms. The molecule has 0 saturated heterocycles. The lowest BCUT2D eigenvalue weighted by Gasteiger charge is -1.99. The van der Waals surface area contributed by atoms with Crippen LogP contribution >= 0.6 is 0 Å². The van der Waals surface area contributed by atoms with Crippen LogP contribution in [0.5, 0.6) is 0 Å². The van der Waals surface area contributed by atoms with Crippen molar-refractivity contribution in [2.75, 3.05) is 7.11 Å². The van der Waals surface area contributed by atoms with Gasteiger partial charge in [-0.1, -0.05) is 36.4 Å². The second-order valence-electron chi connectivity index (χ2n) is 2.14. The van der Waals surface area contributed by atoms with Crippen LogP contribution in [0, 0.1) is 0 Å². The van der Waals surface area contributed by atoms with Crippen LogP contribution in [0.1, 0.15) is 0 Å². The molecule has 0 aromatic heterocycles. The van der Waals surface area contributed by atoms with Crippen LogP contribution in [0.2, 0.25) is 0 Å². The number of rotatable bonds is 0. The summed E-state index contributed by atoms with van der Waals surface area (Å²) < 4.78 is 36.3. The highest BCUT2D eigenvalue weighted by atomic mass is 19.4. The Labute approximate surface area is 79.3 Å². The van der Waals surface area contributed by atoms with E-state index in [1.165, 1.54) is 0 Å². The van der Waals surface area contributed by atoms with Gasteiger partial charge >= 0.3 is 12.1 Å². The number of carbonyl (C=O) groups is 1. The van der Waals surface area contributed by atoms with E-state index in [2.05, 4.69) is 4.74 Å². The molecule has 0 fully saturated rings. The van der Waals surface area contributed by atoms with E-state index < -0.39 is 12.1 Å². The second-order valence-corrected chi connectivity index (χ2v) is 2.14. The number of hydrogen-bond acceptors (Lipinski definition) is 2. The molecule has 14 heavy (non-hydrogen) atoms. The van der Waals surface area contributed by atoms with Crippen molar-refractivity contribution < 1.29 is 22.7 Å². The second kappa shape index (κ2) is 6.01. The van der Waals surface area contributed by atoms with Crippen LogP contribution in [-0.2, 0) is 9.53 Å². The van der Waals surface area contributed by atoms with Crippen LogP contribution in [0.4, 0.5) is 13.2 Å². The van der Waals surface area contributed by atoms with Crippen molar-refractivity contribution in [2.24, 2.45) is 0 Å². The van der Waals surface area contributed by atoms with Crippen molar-refractivity contribution in [3.63, 3.8) is 0 Å². The molecule has 0 saturated carbocycles. The van der Waals surface area contributed by atoms with Gasteiger partial charge in [-0.05, 0) is 0 Å². The van der Waals surface area contributed by atoms with Gasteiger partial charge in [0.1, 0.15) is 0 Å². The normalized spacial score (nSPS) is 9.71. The SMILES string of the molecule is COC(=O)C(F)(F)F.c1ccccc1. The largest absolute Gasteiger partial charge is 0.490 e. The molecule has 0 heterocycles. The molecule has 78 valence electrons. The molecule has 0 N–H and O–H groups in total. The first-order chi connectivity index (χ1) is 6.48. The zero-order valence-corrected chi connectivity index (χ0v) is 7.41. The maximum Gasteiger partial charge on any atom is 0.490 e. The van der Waals surface area contributed by atoms with Crippen LogP contribution in [-0.4, -0.2) is 19.3 Å². The molecule has 0 aliphatic carbocycles. The van der Waals surface area contributed by atoms with E-state index >= 15 is 0 Å². The van der Waals surface area contributed by atoms with Gasteiger partial charge in [-0.3, -0.25) is 0 Å². The Morgan fingerprint density at radius 2 is 1.29 bits per heavy atom. The lowest BCUT2D eigenvalue weighted by Crippen LogP contribution is -2.23. The smallest absolute Gasteiger partial charge is 0.462 e. The molecular weight excluding hydrogens is 197 g/mol. The highest BCUT2D eigenvalue weighted by molar-refractivity contribution is 5.75. The molecule has 1 aromatic carbocycles. The Bertz CT molecular complexity index is 230. The monoisotopic (exact) mass is 206 g/mol. The van der Waals surface area contributed by atoms with Crippen LogP contribution in [0.15, 0.2) is 36.4 Å². The molecule has 5 heteroatoms. The number of benzene rings is 1.